The van der Waals surface area contributed by atoms with E-state index in [2.05, 4.69) is 40.8 Å². The maximum atomic E-state index is 6.06. The van der Waals surface area contributed by atoms with Crippen LogP contribution in [0.1, 0.15) is 18.3 Å². The highest BCUT2D eigenvalue weighted by atomic mass is 35.5. The Kier molecular flexibility index (Phi) is 4.20. The minimum absolute atomic E-state index is 0.369. The molecular weight excluding hydrogens is 353 g/mol. The van der Waals surface area contributed by atoms with Crippen LogP contribution in [-0.4, -0.2) is 14.5 Å². The minimum Gasteiger partial charge on any atom is -0.292 e. The van der Waals surface area contributed by atoms with Gasteiger partial charge < -0.3 is 0 Å². The van der Waals surface area contributed by atoms with E-state index >= 15 is 0 Å². The molecule has 2 heterocycles. The van der Waals surface area contributed by atoms with Gasteiger partial charge in [-0.1, -0.05) is 42.3 Å². The Bertz CT molecular complexity index is 967. The molecule has 0 N–H and O–H groups in total. The van der Waals surface area contributed by atoms with Gasteiger partial charge in [-0.25, -0.2) is 9.97 Å². The fourth-order valence-corrected chi connectivity index (χ4v) is 3.07. The number of pyridine rings is 1. The number of halogens is 2. The summed E-state index contributed by atoms with van der Waals surface area (Å²) >= 11 is 12.0. The molecule has 0 aliphatic heterocycles. The minimum atomic E-state index is 0.369. The molecule has 3 aromatic rings. The SMILES string of the molecule is CC1C=Cc2nc(-c3ccc(Cl)nc3)n(-c3ccc(Cl)cc3)c2C=C1. The Morgan fingerprint density at radius 3 is 2.44 bits per heavy atom. The lowest BCUT2D eigenvalue weighted by molar-refractivity contribution is 0.951. The van der Waals surface area contributed by atoms with Gasteiger partial charge >= 0.3 is 0 Å². The largest absolute Gasteiger partial charge is 0.292 e. The van der Waals surface area contributed by atoms with Crippen molar-refractivity contribution in [3.8, 4) is 17.1 Å². The van der Waals surface area contributed by atoms with Crippen LogP contribution >= 0.6 is 23.2 Å². The average Bonchev–Trinajstić information content (AvgIpc) is 2.88. The summed E-state index contributed by atoms with van der Waals surface area (Å²) in [5.41, 5.74) is 3.87. The van der Waals surface area contributed by atoms with Crippen molar-refractivity contribution in [3.05, 3.63) is 76.3 Å². The van der Waals surface area contributed by atoms with Gasteiger partial charge in [0.15, 0.2) is 0 Å². The summed E-state index contributed by atoms with van der Waals surface area (Å²) in [6.45, 7) is 2.15. The van der Waals surface area contributed by atoms with Crippen LogP contribution in [0.15, 0.2) is 54.7 Å². The molecule has 5 heteroatoms. The molecule has 0 saturated carbocycles. The fraction of sp³-hybridized carbons (Fsp3) is 0.100. The van der Waals surface area contributed by atoms with Crippen molar-refractivity contribution in [1.29, 1.82) is 0 Å². The predicted octanol–water partition coefficient (Wildman–Crippen LogP) is 5.92. The van der Waals surface area contributed by atoms with Crippen LogP contribution in [-0.2, 0) is 0 Å². The lowest BCUT2D eigenvalue weighted by atomic mass is 10.1. The van der Waals surface area contributed by atoms with Crippen LogP contribution in [0.25, 0.3) is 29.2 Å². The third-order valence-corrected chi connectivity index (χ3v) is 4.60. The zero-order chi connectivity index (χ0) is 17.4. The van der Waals surface area contributed by atoms with Crippen LogP contribution in [0.3, 0.4) is 0 Å². The number of allylic oxidation sites excluding steroid dienone is 2. The molecule has 1 unspecified atom stereocenters. The molecule has 2 aromatic heterocycles. The summed E-state index contributed by atoms with van der Waals surface area (Å²) in [7, 11) is 0. The zero-order valence-corrected chi connectivity index (χ0v) is 15.0. The van der Waals surface area contributed by atoms with Crippen molar-refractivity contribution in [2.45, 2.75) is 6.92 Å². The van der Waals surface area contributed by atoms with Gasteiger partial charge in [0.05, 0.1) is 11.4 Å². The van der Waals surface area contributed by atoms with Gasteiger partial charge in [-0.15, -0.1) is 0 Å². The number of hydrogen-bond donors (Lipinski definition) is 0. The topological polar surface area (TPSA) is 30.7 Å². The second kappa shape index (κ2) is 6.51. The lowest BCUT2D eigenvalue weighted by Gasteiger charge is -2.11. The van der Waals surface area contributed by atoms with Crippen LogP contribution in [0.2, 0.25) is 10.2 Å². The molecule has 1 atom stereocenters. The van der Waals surface area contributed by atoms with E-state index in [1.807, 2.05) is 30.3 Å². The number of hydrogen-bond acceptors (Lipinski definition) is 2. The van der Waals surface area contributed by atoms with Crippen molar-refractivity contribution in [3.63, 3.8) is 0 Å². The molecule has 1 aliphatic rings. The quantitative estimate of drug-likeness (QED) is 0.526. The number of rotatable bonds is 2. The second-order valence-corrected chi connectivity index (χ2v) is 6.79. The summed E-state index contributed by atoms with van der Waals surface area (Å²) < 4.78 is 2.12. The van der Waals surface area contributed by atoms with E-state index in [1.165, 1.54) is 0 Å². The maximum Gasteiger partial charge on any atom is 0.147 e. The number of aromatic nitrogens is 3. The molecule has 0 bridgehead atoms. The van der Waals surface area contributed by atoms with E-state index in [1.54, 1.807) is 12.3 Å². The first-order chi connectivity index (χ1) is 12.1. The van der Waals surface area contributed by atoms with Crippen molar-refractivity contribution in [2.24, 2.45) is 5.92 Å². The Morgan fingerprint density at radius 2 is 1.72 bits per heavy atom. The summed E-state index contributed by atoms with van der Waals surface area (Å²) in [5.74, 6) is 1.19. The summed E-state index contributed by atoms with van der Waals surface area (Å²) in [5, 5.41) is 1.16. The smallest absolute Gasteiger partial charge is 0.147 e. The molecule has 4 rings (SSSR count). The monoisotopic (exact) mass is 367 g/mol. The van der Waals surface area contributed by atoms with E-state index < -0.39 is 0 Å². The molecule has 1 aromatic carbocycles. The number of fused-ring (bicyclic) bond motifs is 1. The summed E-state index contributed by atoms with van der Waals surface area (Å²) in [6.07, 6.45) is 10.2. The van der Waals surface area contributed by atoms with Gasteiger partial charge in [-0.3, -0.25) is 4.57 Å². The fourth-order valence-electron chi connectivity index (χ4n) is 2.84. The van der Waals surface area contributed by atoms with Crippen LogP contribution in [0.4, 0.5) is 0 Å². The molecule has 25 heavy (non-hydrogen) atoms. The summed E-state index contributed by atoms with van der Waals surface area (Å²) in [4.78, 5) is 9.05. The van der Waals surface area contributed by atoms with E-state index in [4.69, 9.17) is 28.2 Å². The first kappa shape index (κ1) is 16.1. The average molecular weight is 368 g/mol. The molecule has 0 spiro atoms. The number of nitrogens with zero attached hydrogens (tertiary/aromatic N) is 3. The normalized spacial score (nSPS) is 15.9. The van der Waals surface area contributed by atoms with Crippen LogP contribution in [0.5, 0.6) is 0 Å². The first-order valence-electron chi connectivity index (χ1n) is 7.99. The molecular formula is C20H15Cl2N3. The second-order valence-electron chi connectivity index (χ2n) is 5.96. The Hall–Kier alpha value is -2.36. The third-order valence-electron chi connectivity index (χ3n) is 4.13. The molecule has 1 aliphatic carbocycles. The lowest BCUT2D eigenvalue weighted by Crippen LogP contribution is -2.00. The zero-order valence-electron chi connectivity index (χ0n) is 13.5. The first-order valence-corrected chi connectivity index (χ1v) is 8.74. The number of benzene rings is 1. The standard InChI is InChI=1S/C20H15Cl2N3/c1-13-2-9-17-18(10-3-13)25(16-7-5-15(21)6-8-16)20(24-17)14-4-11-19(22)23-12-14/h2-13H,1H3. The van der Waals surface area contributed by atoms with Crippen molar-refractivity contribution < 1.29 is 0 Å². The van der Waals surface area contributed by atoms with Gasteiger partial charge in [0, 0.05) is 22.5 Å². The summed E-state index contributed by atoms with van der Waals surface area (Å²) in [6, 6.07) is 11.4. The van der Waals surface area contributed by atoms with E-state index in [9.17, 15) is 0 Å². The third kappa shape index (κ3) is 3.13. The number of imidazole rings is 1. The van der Waals surface area contributed by atoms with Crippen molar-refractivity contribution in [1.82, 2.24) is 14.5 Å². The van der Waals surface area contributed by atoms with Gasteiger partial charge in [-0.2, -0.15) is 0 Å². The van der Waals surface area contributed by atoms with E-state index in [-0.39, 0.29) is 0 Å². The molecule has 0 radical (unpaired) electrons. The van der Waals surface area contributed by atoms with Crippen LogP contribution in [0, 0.1) is 5.92 Å². The highest BCUT2D eigenvalue weighted by Crippen LogP contribution is 2.30. The Balaban J connectivity index is 1.97. The van der Waals surface area contributed by atoms with Crippen molar-refractivity contribution >= 4 is 35.4 Å². The molecule has 0 amide bonds. The van der Waals surface area contributed by atoms with Crippen LogP contribution < -0.4 is 0 Å². The molecule has 0 saturated heterocycles. The van der Waals surface area contributed by atoms with E-state index in [0.717, 1.165) is 28.5 Å². The van der Waals surface area contributed by atoms with Crippen molar-refractivity contribution in [2.75, 3.05) is 0 Å². The predicted molar refractivity (Wildman–Crippen MR) is 104 cm³/mol. The highest BCUT2D eigenvalue weighted by molar-refractivity contribution is 6.30. The van der Waals surface area contributed by atoms with Gasteiger partial charge in [0.1, 0.15) is 11.0 Å². The van der Waals surface area contributed by atoms with E-state index in [0.29, 0.717) is 16.1 Å². The van der Waals surface area contributed by atoms with Gasteiger partial charge in [0.2, 0.25) is 0 Å². The molecule has 0 fully saturated rings. The molecule has 124 valence electrons. The van der Waals surface area contributed by atoms with Gasteiger partial charge in [0.25, 0.3) is 0 Å². The Morgan fingerprint density at radius 1 is 0.960 bits per heavy atom. The maximum absolute atomic E-state index is 6.06. The van der Waals surface area contributed by atoms with Gasteiger partial charge in [-0.05, 0) is 54.5 Å². The highest BCUT2D eigenvalue weighted by Gasteiger charge is 2.18. The molecule has 3 nitrogen and oxygen atoms in total. The Labute approximate surface area is 156 Å².